The minimum atomic E-state index is -1.05. The second kappa shape index (κ2) is 8.47. The fourth-order valence-corrected chi connectivity index (χ4v) is 2.06. The van der Waals surface area contributed by atoms with Crippen molar-refractivity contribution in [2.24, 2.45) is 5.41 Å². The van der Waals surface area contributed by atoms with Crippen LogP contribution in [-0.2, 0) is 9.59 Å². The Balaban J connectivity index is 2.79. The topological polar surface area (TPSA) is 95.5 Å². The fourth-order valence-electron chi connectivity index (χ4n) is 2.06. The van der Waals surface area contributed by atoms with Gasteiger partial charge in [0, 0.05) is 17.7 Å². The first kappa shape index (κ1) is 19.7. The molecule has 0 aliphatic carbocycles. The minimum Gasteiger partial charge on any atom is -0.480 e. The zero-order valence-corrected chi connectivity index (χ0v) is 14.7. The third kappa shape index (κ3) is 6.81. The van der Waals surface area contributed by atoms with Crippen LogP contribution >= 0.6 is 0 Å². The number of hydrogen-bond donors (Lipinski definition) is 3. The van der Waals surface area contributed by atoms with Gasteiger partial charge >= 0.3 is 5.97 Å². The number of carbonyl (C=O) groups is 3. The van der Waals surface area contributed by atoms with E-state index in [-0.39, 0.29) is 11.3 Å². The molecule has 0 heterocycles. The highest BCUT2D eigenvalue weighted by Crippen LogP contribution is 2.22. The van der Waals surface area contributed by atoms with E-state index in [9.17, 15) is 19.5 Å². The summed E-state index contributed by atoms with van der Waals surface area (Å²) in [5.41, 5.74) is 0.810. The highest BCUT2D eigenvalue weighted by atomic mass is 16.4. The monoisotopic (exact) mass is 334 g/mol. The van der Waals surface area contributed by atoms with Crippen LogP contribution in [0.2, 0.25) is 0 Å². The Morgan fingerprint density at radius 2 is 1.88 bits per heavy atom. The van der Waals surface area contributed by atoms with Gasteiger partial charge in [-0.2, -0.15) is 0 Å². The zero-order valence-electron chi connectivity index (χ0n) is 14.7. The number of amides is 2. The van der Waals surface area contributed by atoms with Gasteiger partial charge in [-0.05, 0) is 36.5 Å². The summed E-state index contributed by atoms with van der Waals surface area (Å²) < 4.78 is 0. The van der Waals surface area contributed by atoms with E-state index >= 15 is 0 Å². The van der Waals surface area contributed by atoms with Crippen LogP contribution in [0.25, 0.3) is 0 Å². The molecule has 0 aliphatic rings. The van der Waals surface area contributed by atoms with Crippen LogP contribution in [0.1, 0.15) is 57.3 Å². The van der Waals surface area contributed by atoms with Crippen molar-refractivity contribution in [1.82, 2.24) is 5.32 Å². The first-order valence-electron chi connectivity index (χ1n) is 8.06. The lowest BCUT2D eigenvalue weighted by Crippen LogP contribution is -2.41. The van der Waals surface area contributed by atoms with Crippen molar-refractivity contribution < 1.29 is 19.5 Å². The Bertz CT molecular complexity index is 605. The third-order valence-corrected chi connectivity index (χ3v) is 3.52. The number of hydrogen-bond acceptors (Lipinski definition) is 3. The van der Waals surface area contributed by atoms with Crippen LogP contribution in [0.5, 0.6) is 0 Å². The van der Waals surface area contributed by atoms with E-state index in [2.05, 4.69) is 10.6 Å². The van der Waals surface area contributed by atoms with Crippen molar-refractivity contribution in [3.05, 3.63) is 29.8 Å². The normalized spacial score (nSPS) is 12.3. The van der Waals surface area contributed by atoms with Crippen molar-refractivity contribution in [2.75, 3.05) is 5.32 Å². The summed E-state index contributed by atoms with van der Waals surface area (Å²) in [6.07, 6.45) is 1.37. The molecule has 3 N–H and O–H groups in total. The average Bonchev–Trinajstić information content (AvgIpc) is 2.50. The number of carbonyl (C=O) groups excluding carboxylic acids is 2. The molecule has 0 aromatic heterocycles. The lowest BCUT2D eigenvalue weighted by atomic mass is 9.88. The maximum atomic E-state index is 12.3. The molecule has 0 radical (unpaired) electrons. The van der Waals surface area contributed by atoms with Crippen LogP contribution < -0.4 is 10.6 Å². The number of nitrogens with one attached hydrogen (secondary N) is 2. The van der Waals surface area contributed by atoms with Gasteiger partial charge < -0.3 is 15.7 Å². The summed E-state index contributed by atoms with van der Waals surface area (Å²) in [5.74, 6) is -1.67. The van der Waals surface area contributed by atoms with Crippen LogP contribution in [-0.4, -0.2) is 28.9 Å². The zero-order chi connectivity index (χ0) is 18.3. The molecular weight excluding hydrogens is 308 g/mol. The summed E-state index contributed by atoms with van der Waals surface area (Å²) >= 11 is 0. The summed E-state index contributed by atoms with van der Waals surface area (Å²) in [6, 6.07) is 5.50. The lowest BCUT2D eigenvalue weighted by Gasteiger charge is -2.21. The molecule has 1 aromatic carbocycles. The highest BCUT2D eigenvalue weighted by Gasteiger charge is 2.23. The Morgan fingerprint density at radius 3 is 2.42 bits per heavy atom. The standard InChI is InChI=1S/C18H26N2O4/c1-5-15(21)19-13-8-6-7-12(11-13)16(22)20-14(17(23)24)9-10-18(2,3)4/h6-8,11,14H,5,9-10H2,1-4H3,(H,19,21)(H,20,22)(H,23,24). The van der Waals surface area contributed by atoms with Gasteiger partial charge in [0.25, 0.3) is 5.91 Å². The van der Waals surface area contributed by atoms with E-state index in [1.807, 2.05) is 20.8 Å². The molecule has 0 saturated carbocycles. The fraction of sp³-hybridized carbons (Fsp3) is 0.500. The van der Waals surface area contributed by atoms with E-state index < -0.39 is 17.9 Å². The molecular formula is C18H26N2O4. The Hall–Kier alpha value is -2.37. The van der Waals surface area contributed by atoms with Crippen molar-refractivity contribution in [1.29, 1.82) is 0 Å². The number of rotatable bonds is 7. The summed E-state index contributed by atoms with van der Waals surface area (Å²) in [7, 11) is 0. The molecule has 0 aliphatic heterocycles. The van der Waals surface area contributed by atoms with Crippen LogP contribution in [0, 0.1) is 5.41 Å². The third-order valence-electron chi connectivity index (χ3n) is 3.52. The summed E-state index contributed by atoms with van der Waals surface area (Å²) in [5, 5.41) is 14.5. The second-order valence-corrected chi connectivity index (χ2v) is 6.95. The largest absolute Gasteiger partial charge is 0.480 e. The Kier molecular flexibility index (Phi) is 6.95. The van der Waals surface area contributed by atoms with Gasteiger partial charge in [-0.3, -0.25) is 9.59 Å². The predicted molar refractivity (Wildman–Crippen MR) is 92.9 cm³/mol. The lowest BCUT2D eigenvalue weighted by molar-refractivity contribution is -0.139. The van der Waals surface area contributed by atoms with Crippen molar-refractivity contribution in [3.63, 3.8) is 0 Å². The molecule has 2 amide bonds. The molecule has 6 heteroatoms. The molecule has 1 unspecified atom stereocenters. The van der Waals surface area contributed by atoms with Crippen LogP contribution in [0.3, 0.4) is 0 Å². The summed E-state index contributed by atoms with van der Waals surface area (Å²) in [4.78, 5) is 35.1. The number of benzene rings is 1. The molecule has 132 valence electrons. The molecule has 24 heavy (non-hydrogen) atoms. The maximum absolute atomic E-state index is 12.3. The molecule has 0 spiro atoms. The quantitative estimate of drug-likeness (QED) is 0.714. The number of carboxylic acids is 1. The number of carboxylic acid groups (broad SMARTS) is 1. The first-order chi connectivity index (χ1) is 11.1. The van der Waals surface area contributed by atoms with Gasteiger partial charge in [-0.1, -0.05) is 33.8 Å². The highest BCUT2D eigenvalue weighted by molar-refractivity contribution is 5.98. The van der Waals surface area contributed by atoms with Crippen molar-refractivity contribution >= 4 is 23.5 Å². The van der Waals surface area contributed by atoms with Crippen LogP contribution in [0.15, 0.2) is 24.3 Å². The van der Waals surface area contributed by atoms with Gasteiger partial charge in [-0.25, -0.2) is 4.79 Å². The molecule has 0 saturated heterocycles. The minimum absolute atomic E-state index is 0.0111. The SMILES string of the molecule is CCC(=O)Nc1cccc(C(=O)NC(CCC(C)(C)C)C(=O)O)c1. The number of anilines is 1. The average molecular weight is 334 g/mol. The Morgan fingerprint density at radius 1 is 1.21 bits per heavy atom. The first-order valence-corrected chi connectivity index (χ1v) is 8.06. The smallest absolute Gasteiger partial charge is 0.326 e. The molecule has 1 atom stereocenters. The van der Waals surface area contributed by atoms with E-state index in [4.69, 9.17) is 0 Å². The van der Waals surface area contributed by atoms with E-state index in [1.54, 1.807) is 25.1 Å². The molecule has 0 bridgehead atoms. The molecule has 0 fully saturated rings. The van der Waals surface area contributed by atoms with Crippen LogP contribution in [0.4, 0.5) is 5.69 Å². The second-order valence-electron chi connectivity index (χ2n) is 6.95. The van der Waals surface area contributed by atoms with Gasteiger partial charge in [0.2, 0.25) is 5.91 Å². The number of aliphatic carboxylic acids is 1. The van der Waals surface area contributed by atoms with Crippen molar-refractivity contribution in [3.8, 4) is 0 Å². The van der Waals surface area contributed by atoms with Gasteiger partial charge in [-0.15, -0.1) is 0 Å². The van der Waals surface area contributed by atoms with Crippen molar-refractivity contribution in [2.45, 2.75) is 53.0 Å². The molecule has 1 aromatic rings. The van der Waals surface area contributed by atoms with Gasteiger partial charge in [0.05, 0.1) is 0 Å². The molecule has 6 nitrogen and oxygen atoms in total. The Labute approximate surface area is 142 Å². The predicted octanol–water partition coefficient (Wildman–Crippen LogP) is 3.04. The van der Waals surface area contributed by atoms with E-state index in [0.29, 0.717) is 30.5 Å². The van der Waals surface area contributed by atoms with E-state index in [1.165, 1.54) is 6.07 Å². The maximum Gasteiger partial charge on any atom is 0.326 e. The van der Waals surface area contributed by atoms with E-state index in [0.717, 1.165) is 0 Å². The molecule has 1 rings (SSSR count). The summed E-state index contributed by atoms with van der Waals surface area (Å²) in [6.45, 7) is 7.80. The van der Waals surface area contributed by atoms with Gasteiger partial charge in [0.15, 0.2) is 0 Å². The van der Waals surface area contributed by atoms with Gasteiger partial charge in [0.1, 0.15) is 6.04 Å².